The summed E-state index contributed by atoms with van der Waals surface area (Å²) >= 11 is 1.55. The van der Waals surface area contributed by atoms with Gasteiger partial charge in [0.1, 0.15) is 6.10 Å². The van der Waals surface area contributed by atoms with Crippen molar-refractivity contribution in [2.75, 3.05) is 13.2 Å². The Hall–Kier alpha value is -1.76. The van der Waals surface area contributed by atoms with E-state index < -0.39 is 0 Å². The third-order valence-corrected chi connectivity index (χ3v) is 5.43. The van der Waals surface area contributed by atoms with Crippen LogP contribution in [0.4, 0.5) is 0 Å². The van der Waals surface area contributed by atoms with E-state index in [1.54, 1.807) is 17.5 Å². The summed E-state index contributed by atoms with van der Waals surface area (Å²) in [6, 6.07) is 5.93. The quantitative estimate of drug-likeness (QED) is 0.856. The number of hydrogen-bond acceptors (Lipinski definition) is 5. The minimum atomic E-state index is -0.0296. The second kappa shape index (κ2) is 7.01. The Kier molecular flexibility index (Phi) is 4.60. The van der Waals surface area contributed by atoms with Crippen LogP contribution in [0, 0.1) is 0 Å². The van der Waals surface area contributed by atoms with Crippen molar-refractivity contribution in [2.45, 2.75) is 37.7 Å². The van der Waals surface area contributed by atoms with Gasteiger partial charge in [-0.3, -0.25) is 9.78 Å². The van der Waals surface area contributed by atoms with Crippen LogP contribution < -0.4 is 0 Å². The molecule has 1 aliphatic carbocycles. The summed E-state index contributed by atoms with van der Waals surface area (Å²) in [5, 5.41) is 3.86. The van der Waals surface area contributed by atoms with Crippen molar-refractivity contribution < 1.29 is 14.3 Å². The highest BCUT2D eigenvalue weighted by atomic mass is 32.1. The lowest BCUT2D eigenvalue weighted by atomic mass is 10.1. The normalized spacial score (nSPS) is 26.3. The van der Waals surface area contributed by atoms with Crippen LogP contribution in [0.15, 0.2) is 41.4 Å². The van der Waals surface area contributed by atoms with Crippen LogP contribution in [-0.2, 0) is 16.1 Å². The summed E-state index contributed by atoms with van der Waals surface area (Å²) in [5.41, 5.74) is 1.84. The largest absolute Gasteiger partial charge is 0.372 e. The van der Waals surface area contributed by atoms with Gasteiger partial charge in [-0.2, -0.15) is 11.3 Å². The van der Waals surface area contributed by atoms with Gasteiger partial charge in [0, 0.05) is 24.3 Å². The Morgan fingerprint density at radius 1 is 1.42 bits per heavy atom. The first-order chi connectivity index (χ1) is 11.8. The van der Waals surface area contributed by atoms with Gasteiger partial charge in [-0.05, 0) is 35.9 Å². The van der Waals surface area contributed by atoms with Crippen molar-refractivity contribution in [3.05, 3.63) is 52.5 Å². The van der Waals surface area contributed by atoms with Gasteiger partial charge in [-0.15, -0.1) is 0 Å². The summed E-state index contributed by atoms with van der Waals surface area (Å²) in [6.45, 7) is 1.76. The summed E-state index contributed by atoms with van der Waals surface area (Å²) in [5.74, 6) is 0.113. The number of carbonyl (C=O) groups excluding carboxylic acids is 1. The number of aromatic nitrogens is 1. The number of amides is 1. The molecule has 2 fully saturated rings. The molecule has 1 saturated carbocycles. The molecule has 5 nitrogen and oxygen atoms in total. The molecule has 0 aromatic carbocycles. The minimum absolute atomic E-state index is 0.0296. The summed E-state index contributed by atoms with van der Waals surface area (Å²) in [4.78, 5) is 18.8. The molecule has 3 heterocycles. The number of thiophene rings is 1. The second-order valence-corrected chi connectivity index (χ2v) is 6.98. The smallest absolute Gasteiger partial charge is 0.255 e. The lowest BCUT2D eigenvalue weighted by Crippen LogP contribution is -2.53. The zero-order valence-corrected chi connectivity index (χ0v) is 14.2. The Labute approximate surface area is 145 Å². The Morgan fingerprint density at radius 3 is 3.17 bits per heavy atom. The van der Waals surface area contributed by atoms with Crippen LogP contribution in [0.3, 0.4) is 0 Å². The van der Waals surface area contributed by atoms with Gasteiger partial charge >= 0.3 is 0 Å². The molecule has 0 radical (unpaired) electrons. The highest BCUT2D eigenvalue weighted by Gasteiger charge is 2.45. The number of carbonyl (C=O) groups is 1. The molecule has 1 aliphatic heterocycles. The van der Waals surface area contributed by atoms with E-state index in [9.17, 15) is 4.79 Å². The average Bonchev–Trinajstić information content (AvgIpc) is 3.30. The molecule has 0 bridgehead atoms. The molecule has 1 amide bonds. The van der Waals surface area contributed by atoms with Gasteiger partial charge < -0.3 is 14.4 Å². The monoisotopic (exact) mass is 344 g/mol. The number of hydrogen-bond donors (Lipinski definition) is 0. The summed E-state index contributed by atoms with van der Waals surface area (Å²) < 4.78 is 12.0. The fraction of sp³-hybridized carbons (Fsp3) is 0.444. The fourth-order valence-electron chi connectivity index (χ4n) is 3.58. The molecule has 0 spiro atoms. The van der Waals surface area contributed by atoms with Gasteiger partial charge in [0.25, 0.3) is 5.91 Å². The number of nitrogens with zero attached hydrogens (tertiary/aromatic N) is 2. The molecular formula is C18H20N2O3S. The van der Waals surface area contributed by atoms with Gasteiger partial charge in [-0.1, -0.05) is 6.07 Å². The zero-order valence-electron chi connectivity index (χ0n) is 13.3. The molecule has 2 aromatic rings. The number of pyridine rings is 1. The first-order valence-electron chi connectivity index (χ1n) is 8.28. The summed E-state index contributed by atoms with van der Waals surface area (Å²) in [6.07, 6.45) is 5.43. The van der Waals surface area contributed by atoms with Crippen LogP contribution in [-0.4, -0.2) is 47.2 Å². The standard InChI is InChI=1S/C18H20N2O3S/c21-18(14-5-9-24-12-14)20-7-8-22-17-15(20)3-4-16(17)23-11-13-2-1-6-19-10-13/h1-2,5-6,9-10,12,15-17H,3-4,7-8,11H2/t15-,16-,17+/m0/s1. The molecule has 0 N–H and O–H groups in total. The Bertz CT molecular complexity index is 677. The molecule has 4 rings (SSSR count). The van der Waals surface area contributed by atoms with Gasteiger partial charge in [0.2, 0.25) is 0 Å². The molecule has 2 aromatic heterocycles. The fourth-order valence-corrected chi connectivity index (χ4v) is 4.21. The maximum Gasteiger partial charge on any atom is 0.255 e. The van der Waals surface area contributed by atoms with Gasteiger partial charge in [0.15, 0.2) is 0 Å². The van der Waals surface area contributed by atoms with Crippen LogP contribution >= 0.6 is 11.3 Å². The minimum Gasteiger partial charge on any atom is -0.372 e. The van der Waals surface area contributed by atoms with Crippen molar-refractivity contribution >= 4 is 17.2 Å². The lowest BCUT2D eigenvalue weighted by Gasteiger charge is -2.39. The lowest BCUT2D eigenvalue weighted by molar-refractivity contribution is -0.108. The third kappa shape index (κ3) is 3.09. The van der Waals surface area contributed by atoms with Gasteiger partial charge in [0.05, 0.1) is 30.9 Å². The van der Waals surface area contributed by atoms with Crippen molar-refractivity contribution in [2.24, 2.45) is 0 Å². The van der Waals surface area contributed by atoms with E-state index in [1.165, 1.54) is 0 Å². The van der Waals surface area contributed by atoms with Gasteiger partial charge in [-0.25, -0.2) is 0 Å². The number of ether oxygens (including phenoxy) is 2. The first kappa shape index (κ1) is 15.7. The molecular weight excluding hydrogens is 324 g/mol. The van der Waals surface area contributed by atoms with Crippen LogP contribution in [0.5, 0.6) is 0 Å². The topological polar surface area (TPSA) is 51.7 Å². The molecule has 3 atom stereocenters. The predicted octanol–water partition coefficient (Wildman–Crippen LogP) is 2.73. The maximum atomic E-state index is 12.7. The van der Waals surface area contributed by atoms with Crippen LogP contribution in [0.1, 0.15) is 28.8 Å². The highest BCUT2D eigenvalue weighted by molar-refractivity contribution is 7.08. The first-order valence-corrected chi connectivity index (χ1v) is 9.22. The molecule has 126 valence electrons. The van der Waals surface area contributed by atoms with E-state index in [0.29, 0.717) is 19.8 Å². The second-order valence-electron chi connectivity index (χ2n) is 6.20. The number of morpholine rings is 1. The Balaban J connectivity index is 1.42. The van der Waals surface area contributed by atoms with Crippen molar-refractivity contribution in [1.82, 2.24) is 9.88 Å². The van der Waals surface area contributed by atoms with Crippen molar-refractivity contribution in [3.63, 3.8) is 0 Å². The van der Waals surface area contributed by atoms with E-state index in [4.69, 9.17) is 9.47 Å². The zero-order chi connectivity index (χ0) is 16.4. The van der Waals surface area contributed by atoms with E-state index in [1.807, 2.05) is 40.1 Å². The molecule has 24 heavy (non-hydrogen) atoms. The SMILES string of the molecule is O=C(c1ccsc1)N1CCO[C@H]2[C@@H](OCc3cccnc3)CC[C@@H]21. The predicted molar refractivity (Wildman–Crippen MR) is 90.9 cm³/mol. The number of rotatable bonds is 4. The molecule has 1 saturated heterocycles. The van der Waals surface area contributed by atoms with Crippen molar-refractivity contribution in [3.8, 4) is 0 Å². The molecule has 6 heteroatoms. The highest BCUT2D eigenvalue weighted by Crippen LogP contribution is 2.33. The van der Waals surface area contributed by atoms with Crippen LogP contribution in [0.2, 0.25) is 0 Å². The third-order valence-electron chi connectivity index (χ3n) is 4.75. The van der Waals surface area contributed by atoms with Crippen molar-refractivity contribution in [1.29, 1.82) is 0 Å². The van der Waals surface area contributed by atoms with E-state index in [-0.39, 0.29) is 24.2 Å². The maximum absolute atomic E-state index is 12.7. The summed E-state index contributed by atoms with van der Waals surface area (Å²) in [7, 11) is 0. The van der Waals surface area contributed by atoms with E-state index >= 15 is 0 Å². The molecule has 0 unspecified atom stereocenters. The molecule has 2 aliphatic rings. The average molecular weight is 344 g/mol. The Morgan fingerprint density at radius 2 is 2.38 bits per heavy atom. The van der Waals surface area contributed by atoms with Crippen LogP contribution in [0.25, 0.3) is 0 Å². The number of fused-ring (bicyclic) bond motifs is 1. The van der Waals surface area contributed by atoms with E-state index in [2.05, 4.69) is 4.98 Å². The van der Waals surface area contributed by atoms with E-state index in [0.717, 1.165) is 24.0 Å².